The quantitative estimate of drug-likeness (QED) is 0.873. The van der Waals surface area contributed by atoms with Crippen LogP contribution in [0.15, 0.2) is 36.4 Å². The van der Waals surface area contributed by atoms with Crippen LogP contribution in [-0.2, 0) is 6.54 Å². The van der Waals surface area contributed by atoms with Crippen molar-refractivity contribution in [3.63, 3.8) is 0 Å². The molecule has 7 heteroatoms. The average Bonchev–Trinajstić information content (AvgIpc) is 3.03. The van der Waals surface area contributed by atoms with E-state index >= 15 is 0 Å². The number of nitrogens with zero attached hydrogens (tertiary/aromatic N) is 2. The molecule has 2 aromatic rings. The van der Waals surface area contributed by atoms with Gasteiger partial charge in [-0.25, -0.2) is 4.39 Å². The lowest BCUT2D eigenvalue weighted by Gasteiger charge is -2.36. The molecular formula is C18H24ClFN4O. The molecular weight excluding hydrogens is 343 g/mol. The summed E-state index contributed by atoms with van der Waals surface area (Å²) < 4.78 is 13.6. The van der Waals surface area contributed by atoms with E-state index in [1.54, 1.807) is 31.1 Å². The minimum atomic E-state index is -0.211. The maximum atomic E-state index is 13.6. The van der Waals surface area contributed by atoms with E-state index < -0.39 is 0 Å². The third-order valence-corrected chi connectivity index (χ3v) is 4.34. The van der Waals surface area contributed by atoms with Crippen molar-refractivity contribution in [2.45, 2.75) is 12.6 Å². The van der Waals surface area contributed by atoms with E-state index in [0.29, 0.717) is 12.2 Å². The lowest BCUT2D eigenvalue weighted by molar-refractivity contribution is 0.0822. The molecule has 5 nitrogen and oxygen atoms in total. The third-order valence-electron chi connectivity index (χ3n) is 4.34. The molecule has 1 aromatic carbocycles. The zero-order chi connectivity index (χ0) is 17.1. The van der Waals surface area contributed by atoms with E-state index in [0.717, 1.165) is 30.9 Å². The first kappa shape index (κ1) is 19.4. The molecule has 2 N–H and O–H groups in total. The summed E-state index contributed by atoms with van der Waals surface area (Å²) in [5.41, 5.74) is 2.55. The minimum Gasteiger partial charge on any atom is -0.353 e. The Bertz CT molecular complexity index is 719. The van der Waals surface area contributed by atoms with Gasteiger partial charge >= 0.3 is 0 Å². The summed E-state index contributed by atoms with van der Waals surface area (Å²) in [6.45, 7) is 3.25. The highest BCUT2D eigenvalue weighted by Gasteiger charge is 2.24. The second-order valence-corrected chi connectivity index (χ2v) is 6.34. The number of nitrogens with one attached hydrogen (secondary N) is 2. The molecule has 1 amide bonds. The van der Waals surface area contributed by atoms with Gasteiger partial charge in [0.25, 0.3) is 5.91 Å². The van der Waals surface area contributed by atoms with Crippen molar-refractivity contribution in [3.05, 3.63) is 59.2 Å². The smallest absolute Gasteiger partial charge is 0.269 e. The molecule has 3 rings (SSSR count). The Labute approximate surface area is 153 Å². The number of aromatic nitrogens is 1. The fraction of sp³-hybridized carbons (Fsp3) is 0.389. The molecule has 2 heterocycles. The van der Waals surface area contributed by atoms with Gasteiger partial charge in [0, 0.05) is 52.0 Å². The number of carbonyl (C=O) groups excluding carboxylic acids is 1. The van der Waals surface area contributed by atoms with E-state index in [-0.39, 0.29) is 30.2 Å². The topological polar surface area (TPSA) is 51.4 Å². The lowest BCUT2D eigenvalue weighted by Crippen LogP contribution is -2.45. The molecule has 1 aliphatic rings. The molecule has 1 aliphatic heterocycles. The Hall–Kier alpha value is -1.89. The monoisotopic (exact) mass is 366 g/mol. The second kappa shape index (κ2) is 8.47. The Balaban J connectivity index is 0.00000225. The second-order valence-electron chi connectivity index (χ2n) is 6.34. The van der Waals surface area contributed by atoms with Crippen molar-refractivity contribution in [3.8, 4) is 0 Å². The van der Waals surface area contributed by atoms with Crippen LogP contribution >= 0.6 is 12.4 Å². The molecule has 1 fully saturated rings. The molecule has 1 aromatic heterocycles. The molecule has 25 heavy (non-hydrogen) atoms. The largest absolute Gasteiger partial charge is 0.353 e. The zero-order valence-corrected chi connectivity index (χ0v) is 15.3. The van der Waals surface area contributed by atoms with Gasteiger partial charge in [-0.2, -0.15) is 0 Å². The average molecular weight is 367 g/mol. The molecule has 0 radical (unpaired) electrons. The number of rotatable bonds is 4. The van der Waals surface area contributed by atoms with Gasteiger partial charge in [-0.1, -0.05) is 12.1 Å². The minimum absolute atomic E-state index is 0. The summed E-state index contributed by atoms with van der Waals surface area (Å²) in [5.74, 6) is -0.250. The van der Waals surface area contributed by atoms with Gasteiger partial charge < -0.3 is 15.2 Å². The van der Waals surface area contributed by atoms with Crippen LogP contribution in [0.3, 0.4) is 0 Å². The van der Waals surface area contributed by atoms with Crippen LogP contribution in [0.2, 0.25) is 0 Å². The number of hydrogen-bond acceptors (Lipinski definition) is 3. The van der Waals surface area contributed by atoms with Gasteiger partial charge in [0.05, 0.1) is 0 Å². The molecule has 136 valence electrons. The molecule has 0 spiro atoms. The van der Waals surface area contributed by atoms with Crippen LogP contribution in [-0.4, -0.2) is 54.4 Å². The van der Waals surface area contributed by atoms with Crippen LogP contribution in [0.25, 0.3) is 0 Å². The number of halogens is 2. The van der Waals surface area contributed by atoms with E-state index in [4.69, 9.17) is 0 Å². The first-order chi connectivity index (χ1) is 11.5. The summed E-state index contributed by atoms with van der Waals surface area (Å²) in [4.78, 5) is 19.1. The first-order valence-electron chi connectivity index (χ1n) is 8.14. The van der Waals surface area contributed by atoms with Gasteiger partial charge in [0.15, 0.2) is 0 Å². The fourth-order valence-corrected chi connectivity index (χ4v) is 3.10. The molecule has 0 aliphatic carbocycles. The molecule has 0 saturated carbocycles. The maximum absolute atomic E-state index is 13.6. The SMILES string of the molecule is CN(C)C(=O)c1ccc(CN2CCNCC2c2cccc(F)c2)[nH]1.Cl. The Morgan fingerprint density at radius 1 is 1.32 bits per heavy atom. The van der Waals surface area contributed by atoms with E-state index in [9.17, 15) is 9.18 Å². The molecule has 1 saturated heterocycles. The molecule has 1 unspecified atom stereocenters. The first-order valence-corrected chi connectivity index (χ1v) is 8.14. The summed E-state index contributed by atoms with van der Waals surface area (Å²) in [7, 11) is 3.47. The van der Waals surface area contributed by atoms with Crippen LogP contribution in [0.1, 0.15) is 27.8 Å². The van der Waals surface area contributed by atoms with Crippen LogP contribution in [0.5, 0.6) is 0 Å². The van der Waals surface area contributed by atoms with E-state index in [1.165, 1.54) is 6.07 Å². The highest BCUT2D eigenvalue weighted by Crippen LogP contribution is 2.24. The van der Waals surface area contributed by atoms with Crippen molar-refractivity contribution in [1.29, 1.82) is 0 Å². The van der Waals surface area contributed by atoms with Gasteiger partial charge in [0.1, 0.15) is 11.5 Å². The van der Waals surface area contributed by atoms with Crippen LogP contribution < -0.4 is 5.32 Å². The van der Waals surface area contributed by atoms with Crippen LogP contribution in [0.4, 0.5) is 4.39 Å². The number of hydrogen-bond donors (Lipinski definition) is 2. The predicted molar refractivity (Wildman–Crippen MR) is 98.5 cm³/mol. The van der Waals surface area contributed by atoms with Crippen LogP contribution in [0, 0.1) is 5.82 Å². The van der Waals surface area contributed by atoms with Gasteiger partial charge in [-0.3, -0.25) is 9.69 Å². The summed E-state index contributed by atoms with van der Waals surface area (Å²) >= 11 is 0. The van der Waals surface area contributed by atoms with Gasteiger partial charge in [-0.05, 0) is 29.8 Å². The number of aromatic amines is 1. The summed E-state index contributed by atoms with van der Waals surface area (Å²) in [6, 6.07) is 10.7. The fourth-order valence-electron chi connectivity index (χ4n) is 3.10. The van der Waals surface area contributed by atoms with Gasteiger partial charge in [-0.15, -0.1) is 12.4 Å². The molecule has 0 bridgehead atoms. The Morgan fingerprint density at radius 3 is 2.84 bits per heavy atom. The van der Waals surface area contributed by atoms with E-state index in [1.807, 2.05) is 18.2 Å². The number of carbonyl (C=O) groups is 1. The third kappa shape index (κ3) is 4.60. The summed E-state index contributed by atoms with van der Waals surface area (Å²) in [6.07, 6.45) is 0. The number of piperazine rings is 1. The number of H-pyrrole nitrogens is 1. The highest BCUT2D eigenvalue weighted by molar-refractivity contribution is 5.92. The Morgan fingerprint density at radius 2 is 2.12 bits per heavy atom. The predicted octanol–water partition coefficient (Wildman–Crippen LogP) is 2.42. The standard InChI is InChI=1S/C18H23FN4O.ClH/c1-22(2)18(24)16-7-6-15(21-16)12-23-9-8-20-11-17(23)13-4-3-5-14(19)10-13;/h3-7,10,17,20-21H,8-9,11-12H2,1-2H3;1H. The number of amides is 1. The normalized spacial score (nSPS) is 17.8. The number of benzene rings is 1. The van der Waals surface area contributed by atoms with Crippen molar-refractivity contribution >= 4 is 18.3 Å². The zero-order valence-electron chi connectivity index (χ0n) is 14.5. The van der Waals surface area contributed by atoms with Crippen molar-refractivity contribution in [2.75, 3.05) is 33.7 Å². The van der Waals surface area contributed by atoms with Crippen molar-refractivity contribution in [2.24, 2.45) is 0 Å². The molecule has 1 atom stereocenters. The maximum Gasteiger partial charge on any atom is 0.269 e. The van der Waals surface area contributed by atoms with Crippen molar-refractivity contribution in [1.82, 2.24) is 20.1 Å². The summed E-state index contributed by atoms with van der Waals surface area (Å²) in [5, 5.41) is 3.37. The van der Waals surface area contributed by atoms with Crippen molar-refractivity contribution < 1.29 is 9.18 Å². The lowest BCUT2D eigenvalue weighted by atomic mass is 10.0. The van der Waals surface area contributed by atoms with Gasteiger partial charge in [0.2, 0.25) is 0 Å². The highest BCUT2D eigenvalue weighted by atomic mass is 35.5. The van der Waals surface area contributed by atoms with E-state index in [2.05, 4.69) is 15.2 Å². The Kier molecular flexibility index (Phi) is 6.58.